The molecule has 0 fully saturated rings. The van der Waals surface area contributed by atoms with Crippen molar-refractivity contribution in [3.8, 4) is 5.75 Å². The molecule has 0 aromatic heterocycles. The molecule has 0 aliphatic carbocycles. The normalized spacial score (nSPS) is 10.6. The molecule has 0 spiro atoms. The first-order valence-corrected chi connectivity index (χ1v) is 5.39. The van der Waals surface area contributed by atoms with Gasteiger partial charge in [0, 0.05) is 6.07 Å². The highest BCUT2D eigenvalue weighted by Gasteiger charge is 2.17. The van der Waals surface area contributed by atoms with Gasteiger partial charge in [0.05, 0.1) is 30.3 Å². The lowest BCUT2D eigenvalue weighted by atomic mass is 10.1. The van der Waals surface area contributed by atoms with Gasteiger partial charge < -0.3 is 9.47 Å². The summed E-state index contributed by atoms with van der Waals surface area (Å²) >= 11 is 0. The summed E-state index contributed by atoms with van der Waals surface area (Å²) < 4.78 is 10.5. The molecule has 0 saturated carbocycles. The minimum Gasteiger partial charge on any atom is -0.496 e. The second-order valence-corrected chi connectivity index (χ2v) is 4.07. The van der Waals surface area contributed by atoms with Crippen LogP contribution in [0.25, 0.3) is 0 Å². The van der Waals surface area contributed by atoms with Crippen LogP contribution in [0.1, 0.15) is 25.0 Å². The highest BCUT2D eigenvalue weighted by Crippen LogP contribution is 2.28. The maximum absolute atomic E-state index is 10.9. The Morgan fingerprint density at radius 1 is 1.41 bits per heavy atom. The second-order valence-electron chi connectivity index (χ2n) is 4.07. The van der Waals surface area contributed by atoms with E-state index in [4.69, 9.17) is 9.47 Å². The average molecular weight is 239 g/mol. The van der Waals surface area contributed by atoms with Crippen LogP contribution in [-0.4, -0.2) is 18.1 Å². The van der Waals surface area contributed by atoms with Gasteiger partial charge in [-0.15, -0.1) is 0 Å². The minimum atomic E-state index is -0.397. The quantitative estimate of drug-likeness (QED) is 0.585. The predicted octanol–water partition coefficient (Wildman–Crippen LogP) is 2.84. The summed E-state index contributed by atoms with van der Waals surface area (Å²) in [5.41, 5.74) is 1.35. The fourth-order valence-electron chi connectivity index (χ4n) is 1.48. The van der Waals surface area contributed by atoms with Gasteiger partial charge in [0.25, 0.3) is 5.69 Å². The Balaban J connectivity index is 3.10. The number of hydrogen-bond donors (Lipinski definition) is 0. The number of rotatable bonds is 5. The molecule has 0 aliphatic rings. The third-order valence-electron chi connectivity index (χ3n) is 2.36. The van der Waals surface area contributed by atoms with Crippen LogP contribution in [-0.2, 0) is 11.3 Å². The van der Waals surface area contributed by atoms with E-state index in [1.54, 1.807) is 20.1 Å². The number of hydrogen-bond acceptors (Lipinski definition) is 4. The maximum atomic E-state index is 10.9. The summed E-state index contributed by atoms with van der Waals surface area (Å²) in [5.74, 6) is 0.637. The summed E-state index contributed by atoms with van der Waals surface area (Å²) in [6, 6.07) is 3.17. The molecule has 0 amide bonds. The Morgan fingerprint density at radius 3 is 2.53 bits per heavy atom. The molecular weight excluding hydrogens is 222 g/mol. The fourth-order valence-corrected chi connectivity index (χ4v) is 1.48. The molecule has 5 heteroatoms. The van der Waals surface area contributed by atoms with Gasteiger partial charge in [-0.2, -0.15) is 0 Å². The molecule has 0 N–H and O–H groups in total. The summed E-state index contributed by atoms with van der Waals surface area (Å²) in [6.07, 6.45) is 0.0295. The molecule has 0 saturated heterocycles. The molecular formula is C12H17NO4. The van der Waals surface area contributed by atoms with E-state index in [9.17, 15) is 10.1 Å². The van der Waals surface area contributed by atoms with Gasteiger partial charge in [0.1, 0.15) is 5.75 Å². The Morgan fingerprint density at radius 2 is 2.06 bits per heavy atom. The molecule has 17 heavy (non-hydrogen) atoms. The van der Waals surface area contributed by atoms with Crippen LogP contribution in [0, 0.1) is 17.0 Å². The lowest BCUT2D eigenvalue weighted by Crippen LogP contribution is -2.05. The molecule has 0 atom stereocenters. The van der Waals surface area contributed by atoms with Gasteiger partial charge in [-0.1, -0.05) is 0 Å². The number of aryl methyl sites for hydroxylation is 1. The first-order chi connectivity index (χ1) is 7.95. The zero-order chi connectivity index (χ0) is 13.0. The van der Waals surface area contributed by atoms with Crippen molar-refractivity contribution >= 4 is 5.69 Å². The molecule has 0 radical (unpaired) electrons. The second kappa shape index (κ2) is 5.63. The van der Waals surface area contributed by atoms with Crippen molar-refractivity contribution in [2.24, 2.45) is 0 Å². The standard InChI is InChI=1S/C12H17NO4/c1-8(2)17-7-10-6-12(16-4)9(3)5-11(10)13(14)15/h5-6,8H,7H2,1-4H3. The zero-order valence-electron chi connectivity index (χ0n) is 10.5. The van der Waals surface area contributed by atoms with Gasteiger partial charge in [-0.05, 0) is 32.4 Å². The van der Waals surface area contributed by atoms with Crippen molar-refractivity contribution in [3.05, 3.63) is 33.4 Å². The topological polar surface area (TPSA) is 61.6 Å². The first-order valence-electron chi connectivity index (χ1n) is 5.39. The van der Waals surface area contributed by atoms with E-state index in [0.29, 0.717) is 11.3 Å². The summed E-state index contributed by atoms with van der Waals surface area (Å²) in [7, 11) is 1.54. The molecule has 94 valence electrons. The molecule has 0 aliphatic heterocycles. The van der Waals surface area contributed by atoms with Crippen LogP contribution in [0.4, 0.5) is 5.69 Å². The maximum Gasteiger partial charge on any atom is 0.275 e. The summed E-state index contributed by atoms with van der Waals surface area (Å²) in [4.78, 5) is 10.5. The zero-order valence-corrected chi connectivity index (χ0v) is 10.5. The van der Waals surface area contributed by atoms with Crippen molar-refractivity contribution in [1.82, 2.24) is 0 Å². The molecule has 1 aromatic carbocycles. The van der Waals surface area contributed by atoms with Crippen molar-refractivity contribution in [1.29, 1.82) is 0 Å². The minimum absolute atomic E-state index is 0.0295. The smallest absolute Gasteiger partial charge is 0.275 e. The Hall–Kier alpha value is -1.62. The number of nitrogens with zero attached hydrogens (tertiary/aromatic N) is 1. The Kier molecular flexibility index (Phi) is 4.45. The molecule has 0 unspecified atom stereocenters. The van der Waals surface area contributed by atoms with Crippen LogP contribution in [0.2, 0.25) is 0 Å². The number of ether oxygens (including phenoxy) is 2. The molecule has 0 heterocycles. The Bertz CT molecular complexity index is 415. The highest BCUT2D eigenvalue weighted by atomic mass is 16.6. The third kappa shape index (κ3) is 3.42. The van der Waals surface area contributed by atoms with E-state index in [1.165, 1.54) is 6.07 Å². The van der Waals surface area contributed by atoms with E-state index in [2.05, 4.69) is 0 Å². The van der Waals surface area contributed by atoms with Gasteiger partial charge in [-0.25, -0.2) is 0 Å². The fraction of sp³-hybridized carbons (Fsp3) is 0.500. The number of methoxy groups -OCH3 is 1. The van der Waals surface area contributed by atoms with Gasteiger partial charge in [-0.3, -0.25) is 10.1 Å². The average Bonchev–Trinajstić information content (AvgIpc) is 2.26. The highest BCUT2D eigenvalue weighted by molar-refractivity contribution is 5.49. The van der Waals surface area contributed by atoms with Gasteiger partial charge in [0.15, 0.2) is 0 Å². The molecule has 0 bridgehead atoms. The van der Waals surface area contributed by atoms with Crippen LogP contribution >= 0.6 is 0 Å². The Labute approximate surface area is 101 Å². The SMILES string of the molecule is COc1cc(COC(C)C)c([N+](=O)[O-])cc1C. The van der Waals surface area contributed by atoms with E-state index >= 15 is 0 Å². The van der Waals surface area contributed by atoms with E-state index in [1.807, 2.05) is 13.8 Å². The van der Waals surface area contributed by atoms with Crippen LogP contribution < -0.4 is 4.74 Å². The number of nitro benzene ring substituents is 1. The van der Waals surface area contributed by atoms with Crippen molar-refractivity contribution in [3.63, 3.8) is 0 Å². The van der Waals surface area contributed by atoms with E-state index in [0.717, 1.165) is 5.56 Å². The van der Waals surface area contributed by atoms with E-state index in [-0.39, 0.29) is 18.4 Å². The molecule has 5 nitrogen and oxygen atoms in total. The lowest BCUT2D eigenvalue weighted by Gasteiger charge is -2.11. The third-order valence-corrected chi connectivity index (χ3v) is 2.36. The van der Waals surface area contributed by atoms with E-state index < -0.39 is 4.92 Å². The molecule has 1 aromatic rings. The summed E-state index contributed by atoms with van der Waals surface area (Å²) in [5, 5.41) is 10.9. The van der Waals surface area contributed by atoms with Crippen molar-refractivity contribution in [2.45, 2.75) is 33.5 Å². The van der Waals surface area contributed by atoms with Gasteiger partial charge in [0.2, 0.25) is 0 Å². The molecule has 1 rings (SSSR count). The summed E-state index contributed by atoms with van der Waals surface area (Å²) in [6.45, 7) is 5.76. The van der Waals surface area contributed by atoms with Crippen molar-refractivity contribution in [2.75, 3.05) is 7.11 Å². The lowest BCUT2D eigenvalue weighted by molar-refractivity contribution is -0.386. The van der Waals surface area contributed by atoms with Gasteiger partial charge >= 0.3 is 0 Å². The van der Waals surface area contributed by atoms with Crippen LogP contribution in [0.15, 0.2) is 12.1 Å². The number of benzene rings is 1. The largest absolute Gasteiger partial charge is 0.496 e. The van der Waals surface area contributed by atoms with Crippen molar-refractivity contribution < 1.29 is 14.4 Å². The van der Waals surface area contributed by atoms with Crippen LogP contribution in [0.5, 0.6) is 5.75 Å². The first kappa shape index (κ1) is 13.4. The van der Waals surface area contributed by atoms with Crippen LogP contribution in [0.3, 0.4) is 0 Å². The number of nitro groups is 1. The monoisotopic (exact) mass is 239 g/mol. The predicted molar refractivity (Wildman–Crippen MR) is 64.3 cm³/mol.